The highest BCUT2D eigenvalue weighted by molar-refractivity contribution is 6.99. The van der Waals surface area contributed by atoms with E-state index in [2.05, 4.69) is 198 Å². The first-order chi connectivity index (χ1) is 27.3. The van der Waals surface area contributed by atoms with E-state index in [0.717, 1.165) is 78.1 Å². The number of anilines is 6. The molecule has 2 aliphatic rings. The lowest BCUT2D eigenvalue weighted by molar-refractivity contribution is 0.488. The lowest BCUT2D eigenvalue weighted by Gasteiger charge is -2.39. The fourth-order valence-electron chi connectivity index (χ4n) is 9.08. The third kappa shape index (κ3) is 4.47. The zero-order chi connectivity index (χ0) is 36.0. The highest BCUT2D eigenvalue weighted by Gasteiger charge is 2.42. The molecule has 2 aliphatic heterocycles. The Kier molecular flexibility index (Phi) is 6.40. The Hall–Kier alpha value is -7.24. The molecule has 256 valence electrons. The van der Waals surface area contributed by atoms with Crippen molar-refractivity contribution < 1.29 is 9.15 Å². The van der Waals surface area contributed by atoms with Gasteiger partial charge in [-0.05, 0) is 112 Å². The van der Waals surface area contributed by atoms with Gasteiger partial charge in [0.25, 0.3) is 6.71 Å². The predicted molar refractivity (Wildman–Crippen MR) is 229 cm³/mol. The molecule has 3 heterocycles. The van der Waals surface area contributed by atoms with Gasteiger partial charge in [0.1, 0.15) is 22.7 Å². The third-order valence-electron chi connectivity index (χ3n) is 11.5. The first-order valence-corrected chi connectivity index (χ1v) is 18.8. The molecule has 0 spiro atoms. The van der Waals surface area contributed by atoms with Gasteiger partial charge in [-0.2, -0.15) is 0 Å². The molecule has 9 aromatic carbocycles. The molecule has 55 heavy (non-hydrogen) atoms. The van der Waals surface area contributed by atoms with Gasteiger partial charge in [-0.15, -0.1) is 0 Å². The maximum Gasteiger partial charge on any atom is 0.256 e. The number of benzene rings is 9. The fourth-order valence-corrected chi connectivity index (χ4v) is 9.08. The number of ether oxygens (including phenoxy) is 1. The van der Waals surface area contributed by atoms with Gasteiger partial charge >= 0.3 is 0 Å². The fraction of sp³-hybridized carbons (Fsp3) is 0. The summed E-state index contributed by atoms with van der Waals surface area (Å²) < 4.78 is 13.7. The third-order valence-corrected chi connectivity index (χ3v) is 11.5. The van der Waals surface area contributed by atoms with Crippen molar-refractivity contribution in [2.45, 2.75) is 0 Å². The lowest BCUT2D eigenvalue weighted by atomic mass is 9.34. The van der Waals surface area contributed by atoms with Crippen LogP contribution in [-0.2, 0) is 0 Å². The van der Waals surface area contributed by atoms with Crippen LogP contribution in [0.2, 0.25) is 0 Å². The molecule has 0 aliphatic carbocycles. The molecule has 10 aromatic rings. The minimum Gasteiger partial charge on any atom is -0.458 e. The van der Waals surface area contributed by atoms with Crippen LogP contribution in [0.1, 0.15) is 0 Å². The Morgan fingerprint density at radius 2 is 1.20 bits per heavy atom. The minimum absolute atomic E-state index is 0.000985. The summed E-state index contributed by atoms with van der Waals surface area (Å²) in [6, 6.07) is 67.0. The molecular formula is C50H31BN2O2. The molecule has 0 fully saturated rings. The van der Waals surface area contributed by atoms with Crippen molar-refractivity contribution >= 4 is 101 Å². The van der Waals surface area contributed by atoms with Gasteiger partial charge in [0.2, 0.25) is 0 Å². The molecule has 0 saturated carbocycles. The Balaban J connectivity index is 1.02. The molecule has 4 nitrogen and oxygen atoms in total. The smallest absolute Gasteiger partial charge is 0.256 e. The number of hydrogen-bond acceptors (Lipinski definition) is 4. The molecule has 0 bridgehead atoms. The van der Waals surface area contributed by atoms with Crippen LogP contribution in [0.3, 0.4) is 0 Å². The van der Waals surface area contributed by atoms with E-state index in [0.29, 0.717) is 0 Å². The quantitative estimate of drug-likeness (QED) is 0.171. The Morgan fingerprint density at radius 3 is 2.11 bits per heavy atom. The van der Waals surface area contributed by atoms with E-state index in [-0.39, 0.29) is 6.71 Å². The predicted octanol–water partition coefficient (Wildman–Crippen LogP) is 11.8. The largest absolute Gasteiger partial charge is 0.458 e. The zero-order valence-electron chi connectivity index (χ0n) is 29.7. The molecule has 1 aromatic heterocycles. The summed E-state index contributed by atoms with van der Waals surface area (Å²) in [5, 5.41) is 6.74. The van der Waals surface area contributed by atoms with Crippen molar-refractivity contribution in [1.82, 2.24) is 0 Å². The SMILES string of the molecule is c1ccc(N2c3ccccc3B3c4cc5oc6c7ccc(N(c8ccccc8)c8cccc9ccccc89)cc7ccc6c5cc4Oc4cccc2c43)cc1. The van der Waals surface area contributed by atoms with Gasteiger partial charge in [-0.1, -0.05) is 103 Å². The van der Waals surface area contributed by atoms with E-state index < -0.39 is 0 Å². The maximum absolute atomic E-state index is 6.89. The van der Waals surface area contributed by atoms with Gasteiger partial charge < -0.3 is 19.0 Å². The Labute approximate surface area is 318 Å². The van der Waals surface area contributed by atoms with Gasteiger partial charge in [-0.25, -0.2) is 0 Å². The number of fused-ring (bicyclic) bond motifs is 10. The van der Waals surface area contributed by atoms with Crippen molar-refractivity contribution in [2.75, 3.05) is 9.80 Å². The first kappa shape index (κ1) is 30.2. The normalized spacial score (nSPS) is 12.8. The van der Waals surface area contributed by atoms with Gasteiger partial charge in [-0.3, -0.25) is 0 Å². The molecule has 0 atom stereocenters. The molecule has 5 heteroatoms. The van der Waals surface area contributed by atoms with Gasteiger partial charge in [0.15, 0.2) is 0 Å². The molecule has 0 saturated heterocycles. The monoisotopic (exact) mass is 702 g/mol. The second-order valence-corrected chi connectivity index (χ2v) is 14.5. The maximum atomic E-state index is 6.89. The van der Waals surface area contributed by atoms with Gasteiger partial charge in [0, 0.05) is 50.0 Å². The van der Waals surface area contributed by atoms with Crippen LogP contribution in [0.5, 0.6) is 11.5 Å². The van der Waals surface area contributed by atoms with Crippen LogP contribution in [0, 0.1) is 0 Å². The van der Waals surface area contributed by atoms with Crippen molar-refractivity contribution in [3.05, 3.63) is 188 Å². The number of rotatable bonds is 4. The molecule has 0 N–H and O–H groups in total. The van der Waals surface area contributed by atoms with E-state index in [4.69, 9.17) is 9.15 Å². The summed E-state index contributed by atoms with van der Waals surface area (Å²) in [7, 11) is 0. The van der Waals surface area contributed by atoms with E-state index >= 15 is 0 Å². The molecule has 0 radical (unpaired) electrons. The van der Waals surface area contributed by atoms with Crippen molar-refractivity contribution in [2.24, 2.45) is 0 Å². The van der Waals surface area contributed by atoms with Gasteiger partial charge in [0.05, 0.1) is 5.69 Å². The van der Waals surface area contributed by atoms with Crippen LogP contribution in [-0.4, -0.2) is 6.71 Å². The summed E-state index contributed by atoms with van der Waals surface area (Å²) in [5.41, 5.74) is 12.1. The minimum atomic E-state index is 0.000985. The average molecular weight is 703 g/mol. The van der Waals surface area contributed by atoms with Crippen LogP contribution < -0.4 is 30.9 Å². The number of hydrogen-bond donors (Lipinski definition) is 0. The second-order valence-electron chi connectivity index (χ2n) is 14.5. The van der Waals surface area contributed by atoms with Crippen LogP contribution in [0.25, 0.3) is 43.5 Å². The molecule has 0 amide bonds. The summed E-state index contributed by atoms with van der Waals surface area (Å²) >= 11 is 0. The van der Waals surface area contributed by atoms with Crippen molar-refractivity contribution in [3.8, 4) is 11.5 Å². The summed E-state index contributed by atoms with van der Waals surface area (Å²) in [5.74, 6) is 1.77. The average Bonchev–Trinajstić information content (AvgIpc) is 3.61. The van der Waals surface area contributed by atoms with E-state index in [1.165, 1.54) is 27.4 Å². The summed E-state index contributed by atoms with van der Waals surface area (Å²) in [4.78, 5) is 4.71. The standard InChI is InChI=1S/C50H31BN2O2/c1-3-15-34(16-4-1)52(43-22-11-14-32-13-7-8-19-37(32)43)36-26-28-38-33(29-36)25-27-39-40-30-48-42(31-47(40)55-50(38)39)51-41-20-9-10-21-44(41)53(35-17-5-2-6-18-35)45-23-12-24-46(54-48)49(45)51/h1-31H. The lowest BCUT2D eigenvalue weighted by Crippen LogP contribution is -2.59. The molecule has 12 rings (SSSR count). The van der Waals surface area contributed by atoms with Crippen molar-refractivity contribution in [3.63, 3.8) is 0 Å². The molecular weight excluding hydrogens is 671 g/mol. The topological polar surface area (TPSA) is 28.9 Å². The van der Waals surface area contributed by atoms with Crippen LogP contribution in [0.15, 0.2) is 192 Å². The Morgan fingerprint density at radius 1 is 0.455 bits per heavy atom. The van der Waals surface area contributed by atoms with Crippen LogP contribution >= 0.6 is 0 Å². The number of para-hydroxylation sites is 3. The summed E-state index contributed by atoms with van der Waals surface area (Å²) in [6.07, 6.45) is 0. The van der Waals surface area contributed by atoms with Crippen LogP contribution in [0.4, 0.5) is 34.1 Å². The van der Waals surface area contributed by atoms with E-state index in [1.807, 2.05) is 0 Å². The number of furan rings is 1. The summed E-state index contributed by atoms with van der Waals surface area (Å²) in [6.45, 7) is 0.000985. The molecule has 0 unspecified atom stereocenters. The first-order valence-electron chi connectivity index (χ1n) is 18.8. The van der Waals surface area contributed by atoms with Crippen molar-refractivity contribution in [1.29, 1.82) is 0 Å². The Bertz CT molecular complexity index is 3150. The zero-order valence-corrected chi connectivity index (χ0v) is 29.7. The van der Waals surface area contributed by atoms with E-state index in [1.54, 1.807) is 0 Å². The second kappa shape index (κ2) is 11.6. The highest BCUT2D eigenvalue weighted by atomic mass is 16.5. The number of nitrogens with zero attached hydrogens (tertiary/aromatic N) is 2. The highest BCUT2D eigenvalue weighted by Crippen LogP contribution is 2.44. The van der Waals surface area contributed by atoms with E-state index in [9.17, 15) is 0 Å².